The Hall–Kier alpha value is -1.36. The fraction of sp³-hybridized carbons (Fsp3) is 0.600. The molecule has 4 nitrogen and oxygen atoms in total. The molecule has 2 N–H and O–H groups in total. The van der Waals surface area contributed by atoms with E-state index < -0.39 is 11.5 Å². The molecule has 0 saturated carbocycles. The van der Waals surface area contributed by atoms with Gasteiger partial charge in [-0.2, -0.15) is 0 Å². The molecule has 0 radical (unpaired) electrons. The molecule has 0 saturated heterocycles. The fourth-order valence-electron chi connectivity index (χ4n) is 2.75. The number of fused-ring (bicyclic) bond motifs is 1. The van der Waals surface area contributed by atoms with E-state index in [9.17, 15) is 9.59 Å². The molecule has 1 amide bonds. The maximum atomic E-state index is 12.4. The topological polar surface area (TPSA) is 66.4 Å². The lowest BCUT2D eigenvalue weighted by Gasteiger charge is -2.31. The number of aliphatic carboxylic acids is 1. The summed E-state index contributed by atoms with van der Waals surface area (Å²) in [5.74, 6) is -1.00. The molecule has 0 aromatic carbocycles. The van der Waals surface area contributed by atoms with Crippen molar-refractivity contribution in [2.24, 2.45) is 0 Å². The maximum absolute atomic E-state index is 12.4. The van der Waals surface area contributed by atoms with E-state index in [0.717, 1.165) is 12.8 Å². The average Bonchev–Trinajstić information content (AvgIpc) is 2.97. The molecule has 5 heteroatoms. The van der Waals surface area contributed by atoms with E-state index in [4.69, 9.17) is 5.11 Å². The second-order valence-electron chi connectivity index (χ2n) is 5.42. The zero-order valence-electron chi connectivity index (χ0n) is 12.0. The van der Waals surface area contributed by atoms with E-state index in [1.54, 1.807) is 11.3 Å². The van der Waals surface area contributed by atoms with E-state index >= 15 is 0 Å². The first-order valence-electron chi connectivity index (χ1n) is 7.15. The molecule has 2 rings (SSSR count). The van der Waals surface area contributed by atoms with Crippen molar-refractivity contribution in [1.82, 2.24) is 5.32 Å². The smallest absolute Gasteiger partial charge is 0.305 e. The standard InChI is InChI=1S/C15H21NO3S/c1-3-15(4-2,9-13(17)18)16-14(19)12-8-10-6-5-7-11(10)20-12/h8H,3-7,9H2,1-2H3,(H,16,19)(H,17,18). The van der Waals surface area contributed by atoms with Gasteiger partial charge in [-0.3, -0.25) is 9.59 Å². The van der Waals surface area contributed by atoms with E-state index in [0.29, 0.717) is 17.7 Å². The lowest BCUT2D eigenvalue weighted by Crippen LogP contribution is -2.48. The molecule has 0 unspecified atom stereocenters. The molecular weight excluding hydrogens is 274 g/mol. The summed E-state index contributed by atoms with van der Waals surface area (Å²) in [4.78, 5) is 25.4. The Morgan fingerprint density at radius 2 is 2.05 bits per heavy atom. The van der Waals surface area contributed by atoms with E-state index in [2.05, 4.69) is 5.32 Å². The van der Waals surface area contributed by atoms with Crippen LogP contribution in [0.25, 0.3) is 0 Å². The van der Waals surface area contributed by atoms with E-state index in [1.165, 1.54) is 16.9 Å². The van der Waals surface area contributed by atoms with Crippen LogP contribution in [0.4, 0.5) is 0 Å². The van der Waals surface area contributed by atoms with Crippen LogP contribution < -0.4 is 5.32 Å². The van der Waals surface area contributed by atoms with Gasteiger partial charge in [-0.05, 0) is 43.7 Å². The number of amides is 1. The summed E-state index contributed by atoms with van der Waals surface area (Å²) >= 11 is 1.55. The minimum absolute atomic E-state index is 0.0309. The van der Waals surface area contributed by atoms with Crippen LogP contribution in [0.15, 0.2) is 6.07 Å². The molecule has 0 aliphatic heterocycles. The van der Waals surface area contributed by atoms with Gasteiger partial charge in [0.05, 0.1) is 16.8 Å². The zero-order chi connectivity index (χ0) is 14.8. The second kappa shape index (κ2) is 5.95. The summed E-state index contributed by atoms with van der Waals surface area (Å²) in [5.41, 5.74) is 0.647. The Morgan fingerprint density at radius 3 is 2.60 bits per heavy atom. The lowest BCUT2D eigenvalue weighted by molar-refractivity contribution is -0.138. The highest BCUT2D eigenvalue weighted by Crippen LogP contribution is 2.31. The minimum atomic E-state index is -0.873. The van der Waals surface area contributed by atoms with Gasteiger partial charge in [-0.1, -0.05) is 13.8 Å². The van der Waals surface area contributed by atoms with Crippen LogP contribution in [-0.4, -0.2) is 22.5 Å². The van der Waals surface area contributed by atoms with Gasteiger partial charge in [0.15, 0.2) is 0 Å². The van der Waals surface area contributed by atoms with Crippen LogP contribution in [0.5, 0.6) is 0 Å². The van der Waals surface area contributed by atoms with Crippen molar-refractivity contribution in [2.75, 3.05) is 0 Å². The molecule has 0 bridgehead atoms. The number of rotatable bonds is 6. The van der Waals surface area contributed by atoms with Crippen LogP contribution >= 0.6 is 11.3 Å². The molecule has 20 heavy (non-hydrogen) atoms. The van der Waals surface area contributed by atoms with Gasteiger partial charge < -0.3 is 10.4 Å². The molecule has 1 aliphatic carbocycles. The number of carbonyl (C=O) groups is 2. The number of carbonyl (C=O) groups excluding carboxylic acids is 1. The molecule has 1 aromatic rings. The van der Waals surface area contributed by atoms with Gasteiger partial charge in [-0.15, -0.1) is 11.3 Å². The van der Waals surface area contributed by atoms with Crippen molar-refractivity contribution in [1.29, 1.82) is 0 Å². The fourth-order valence-corrected chi connectivity index (χ4v) is 3.90. The van der Waals surface area contributed by atoms with Gasteiger partial charge in [0.1, 0.15) is 0 Å². The Kier molecular flexibility index (Phi) is 4.48. The lowest BCUT2D eigenvalue weighted by atomic mass is 9.89. The van der Waals surface area contributed by atoms with Crippen LogP contribution in [0.1, 0.15) is 59.6 Å². The van der Waals surface area contributed by atoms with Crippen molar-refractivity contribution in [2.45, 2.75) is 57.9 Å². The van der Waals surface area contributed by atoms with E-state index in [1.807, 2.05) is 19.9 Å². The number of nitrogens with one attached hydrogen (secondary N) is 1. The first-order chi connectivity index (χ1) is 9.49. The Balaban J connectivity index is 2.13. The third-order valence-corrected chi connectivity index (χ3v) is 5.43. The molecule has 0 spiro atoms. The summed E-state index contributed by atoms with van der Waals surface area (Å²) in [7, 11) is 0. The summed E-state index contributed by atoms with van der Waals surface area (Å²) in [5, 5.41) is 12.0. The number of carboxylic acid groups (broad SMARTS) is 1. The third-order valence-electron chi connectivity index (χ3n) is 4.19. The predicted octanol–water partition coefficient (Wildman–Crippen LogP) is 3.00. The highest BCUT2D eigenvalue weighted by atomic mass is 32.1. The summed E-state index contributed by atoms with van der Waals surface area (Å²) < 4.78 is 0. The maximum Gasteiger partial charge on any atom is 0.305 e. The highest BCUT2D eigenvalue weighted by molar-refractivity contribution is 7.14. The van der Waals surface area contributed by atoms with Crippen LogP contribution in [-0.2, 0) is 17.6 Å². The van der Waals surface area contributed by atoms with Crippen LogP contribution in [0, 0.1) is 0 Å². The molecule has 1 aromatic heterocycles. The summed E-state index contributed by atoms with van der Waals surface area (Å²) in [6.07, 6.45) is 4.50. The van der Waals surface area contributed by atoms with Crippen LogP contribution in [0.2, 0.25) is 0 Å². The minimum Gasteiger partial charge on any atom is -0.481 e. The molecule has 0 atom stereocenters. The third kappa shape index (κ3) is 3.03. The molecule has 1 aliphatic rings. The SMILES string of the molecule is CCC(CC)(CC(=O)O)NC(=O)c1cc2c(s1)CCC2. The first kappa shape index (κ1) is 15.0. The number of thiophene rings is 1. The highest BCUT2D eigenvalue weighted by Gasteiger charge is 2.32. The molecular formula is C15H21NO3S. The monoisotopic (exact) mass is 295 g/mol. The predicted molar refractivity (Wildman–Crippen MR) is 79.4 cm³/mol. The van der Waals surface area contributed by atoms with Gasteiger partial charge in [0.25, 0.3) is 5.91 Å². The largest absolute Gasteiger partial charge is 0.481 e. The molecule has 110 valence electrons. The summed E-state index contributed by atoms with van der Waals surface area (Å²) in [6, 6.07) is 1.97. The summed E-state index contributed by atoms with van der Waals surface area (Å²) in [6.45, 7) is 3.84. The number of hydrogen-bond donors (Lipinski definition) is 2. The first-order valence-corrected chi connectivity index (χ1v) is 7.97. The Morgan fingerprint density at radius 1 is 1.35 bits per heavy atom. The quantitative estimate of drug-likeness (QED) is 0.848. The van der Waals surface area contributed by atoms with E-state index in [-0.39, 0.29) is 12.3 Å². The number of carboxylic acids is 1. The average molecular weight is 295 g/mol. The van der Waals surface area contributed by atoms with Gasteiger partial charge in [0.2, 0.25) is 0 Å². The van der Waals surface area contributed by atoms with Crippen LogP contribution in [0.3, 0.4) is 0 Å². The van der Waals surface area contributed by atoms with Gasteiger partial charge >= 0.3 is 5.97 Å². The van der Waals surface area contributed by atoms with Crippen molar-refractivity contribution in [3.8, 4) is 0 Å². The number of hydrogen-bond acceptors (Lipinski definition) is 3. The number of aryl methyl sites for hydroxylation is 2. The van der Waals surface area contributed by atoms with Gasteiger partial charge in [0, 0.05) is 4.88 Å². The zero-order valence-corrected chi connectivity index (χ0v) is 12.8. The Bertz CT molecular complexity index is 496. The van der Waals surface area contributed by atoms with Crippen molar-refractivity contribution < 1.29 is 14.7 Å². The van der Waals surface area contributed by atoms with Crippen molar-refractivity contribution >= 4 is 23.2 Å². The molecule has 1 heterocycles. The van der Waals surface area contributed by atoms with Gasteiger partial charge in [-0.25, -0.2) is 0 Å². The van der Waals surface area contributed by atoms with Crippen molar-refractivity contribution in [3.05, 3.63) is 21.4 Å². The normalized spacial score (nSPS) is 14.1. The van der Waals surface area contributed by atoms with Crippen molar-refractivity contribution in [3.63, 3.8) is 0 Å². The second-order valence-corrected chi connectivity index (χ2v) is 6.56. The molecule has 0 fully saturated rings. The Labute approximate surface area is 123 Å².